The Labute approximate surface area is 63.5 Å². The van der Waals surface area contributed by atoms with Crippen LogP contribution in [-0.2, 0) is 4.79 Å². The number of hydrogen-bond donors (Lipinski definition) is 3. The number of carboxylic acids is 1. The summed E-state index contributed by atoms with van der Waals surface area (Å²) in [5, 5.41) is 17.5. The van der Waals surface area contributed by atoms with Gasteiger partial charge in [-0.2, -0.15) is 0 Å². The molecule has 1 rings (SSSR count). The Balaban J connectivity index is 2.56. The van der Waals surface area contributed by atoms with Gasteiger partial charge in [-0.05, 0) is 11.6 Å². The van der Waals surface area contributed by atoms with Crippen LogP contribution in [-0.4, -0.2) is 21.2 Å². The number of aliphatic carboxylic acids is 1. The Morgan fingerprint density at radius 3 is 2.91 bits per heavy atom. The first-order chi connectivity index (χ1) is 5.20. The zero-order chi connectivity index (χ0) is 8.27. The fourth-order valence-electron chi connectivity index (χ4n) is 0.827. The van der Waals surface area contributed by atoms with Crippen molar-refractivity contribution in [1.82, 2.24) is 4.98 Å². The number of aliphatic hydroxyl groups excluding tert-OH is 1. The number of aliphatic hydroxyl groups is 1. The molecule has 1 heterocycles. The highest BCUT2D eigenvalue weighted by atomic mass is 16.4. The highest BCUT2D eigenvalue weighted by molar-refractivity contribution is 5.67. The summed E-state index contributed by atoms with van der Waals surface area (Å²) in [6.07, 6.45) is 2.06. The third kappa shape index (κ3) is 2.09. The minimum atomic E-state index is -1.00. The van der Waals surface area contributed by atoms with Gasteiger partial charge in [0.2, 0.25) is 0 Å². The Hall–Kier alpha value is -1.29. The molecule has 0 spiro atoms. The van der Waals surface area contributed by atoms with Crippen LogP contribution >= 0.6 is 0 Å². The van der Waals surface area contributed by atoms with Crippen molar-refractivity contribution < 1.29 is 15.0 Å². The zero-order valence-corrected chi connectivity index (χ0v) is 5.82. The van der Waals surface area contributed by atoms with Gasteiger partial charge in [0, 0.05) is 12.4 Å². The maximum absolute atomic E-state index is 10.1. The molecule has 0 saturated carbocycles. The van der Waals surface area contributed by atoms with Gasteiger partial charge in [-0.1, -0.05) is 0 Å². The smallest absolute Gasteiger partial charge is 0.306 e. The lowest BCUT2D eigenvalue weighted by Crippen LogP contribution is -2.04. The number of carbonyl (C=O) groups is 1. The van der Waals surface area contributed by atoms with E-state index in [4.69, 9.17) is 5.11 Å². The van der Waals surface area contributed by atoms with E-state index in [1.807, 2.05) is 0 Å². The monoisotopic (exact) mass is 155 g/mol. The normalized spacial score (nSPS) is 12.8. The van der Waals surface area contributed by atoms with Crippen molar-refractivity contribution in [2.75, 3.05) is 0 Å². The minimum absolute atomic E-state index is 0.252. The van der Waals surface area contributed by atoms with E-state index in [0.717, 1.165) is 0 Å². The fourth-order valence-corrected chi connectivity index (χ4v) is 0.827. The standard InChI is InChI=1S/C7H9NO3/c9-6(3-7(10)11)5-1-2-8-4-5/h1-2,4,6,8-9H,3H2,(H,10,11)/t6-/m0/s1. The average molecular weight is 155 g/mol. The van der Waals surface area contributed by atoms with E-state index in [-0.39, 0.29) is 6.42 Å². The molecule has 0 saturated heterocycles. The molecule has 0 aliphatic heterocycles. The quantitative estimate of drug-likeness (QED) is 0.595. The molecule has 60 valence electrons. The molecule has 3 N–H and O–H groups in total. The van der Waals surface area contributed by atoms with E-state index in [1.54, 1.807) is 18.5 Å². The second-order valence-corrected chi connectivity index (χ2v) is 2.26. The van der Waals surface area contributed by atoms with Gasteiger partial charge in [0.1, 0.15) is 0 Å². The summed E-state index contributed by atoms with van der Waals surface area (Å²) in [6, 6.07) is 1.65. The lowest BCUT2D eigenvalue weighted by molar-refractivity contribution is -0.139. The number of aromatic nitrogens is 1. The van der Waals surface area contributed by atoms with Crippen molar-refractivity contribution in [2.24, 2.45) is 0 Å². The summed E-state index contributed by atoms with van der Waals surface area (Å²) in [5.41, 5.74) is 0.604. The number of nitrogens with one attached hydrogen (secondary N) is 1. The fraction of sp³-hybridized carbons (Fsp3) is 0.286. The van der Waals surface area contributed by atoms with Crippen molar-refractivity contribution in [3.8, 4) is 0 Å². The molecule has 1 aromatic rings. The third-order valence-electron chi connectivity index (χ3n) is 1.37. The van der Waals surface area contributed by atoms with Crippen LogP contribution < -0.4 is 0 Å². The molecular formula is C7H9NO3. The lowest BCUT2D eigenvalue weighted by Gasteiger charge is -2.03. The molecule has 0 radical (unpaired) electrons. The van der Waals surface area contributed by atoms with Crippen LogP contribution in [0.3, 0.4) is 0 Å². The van der Waals surface area contributed by atoms with Crippen molar-refractivity contribution in [3.05, 3.63) is 24.0 Å². The second kappa shape index (κ2) is 3.21. The topological polar surface area (TPSA) is 73.3 Å². The number of aromatic amines is 1. The summed E-state index contributed by atoms with van der Waals surface area (Å²) in [7, 11) is 0. The van der Waals surface area contributed by atoms with Crippen LogP contribution in [0.1, 0.15) is 18.1 Å². The molecule has 0 aliphatic carbocycles. The molecule has 0 amide bonds. The zero-order valence-electron chi connectivity index (χ0n) is 5.82. The molecule has 1 aromatic heterocycles. The summed E-state index contributed by atoms with van der Waals surface area (Å²) in [5.74, 6) is -1.00. The van der Waals surface area contributed by atoms with Crippen molar-refractivity contribution in [1.29, 1.82) is 0 Å². The van der Waals surface area contributed by atoms with Gasteiger partial charge < -0.3 is 15.2 Å². The Kier molecular flexibility index (Phi) is 2.28. The molecule has 0 unspecified atom stereocenters. The first-order valence-corrected chi connectivity index (χ1v) is 3.22. The first-order valence-electron chi connectivity index (χ1n) is 3.22. The molecule has 0 fully saturated rings. The molecule has 0 bridgehead atoms. The lowest BCUT2D eigenvalue weighted by atomic mass is 10.1. The van der Waals surface area contributed by atoms with Crippen LogP contribution in [0.2, 0.25) is 0 Å². The summed E-state index contributed by atoms with van der Waals surface area (Å²) >= 11 is 0. The molecule has 11 heavy (non-hydrogen) atoms. The van der Waals surface area contributed by atoms with Crippen molar-refractivity contribution in [3.63, 3.8) is 0 Å². The van der Waals surface area contributed by atoms with Gasteiger partial charge in [-0.3, -0.25) is 4.79 Å². The molecule has 0 aliphatic rings. The number of rotatable bonds is 3. The van der Waals surface area contributed by atoms with Crippen LogP contribution in [0.4, 0.5) is 0 Å². The maximum Gasteiger partial charge on any atom is 0.306 e. The average Bonchev–Trinajstić information content (AvgIpc) is 2.35. The highest BCUT2D eigenvalue weighted by Gasteiger charge is 2.11. The van der Waals surface area contributed by atoms with Gasteiger partial charge >= 0.3 is 5.97 Å². The Bertz CT molecular complexity index is 230. The summed E-state index contributed by atoms with van der Waals surface area (Å²) in [6.45, 7) is 0. The van der Waals surface area contributed by atoms with Crippen molar-refractivity contribution in [2.45, 2.75) is 12.5 Å². The van der Waals surface area contributed by atoms with E-state index in [0.29, 0.717) is 5.56 Å². The highest BCUT2D eigenvalue weighted by Crippen LogP contribution is 2.14. The van der Waals surface area contributed by atoms with Crippen molar-refractivity contribution >= 4 is 5.97 Å². The predicted octanol–water partition coefficient (Wildman–Crippen LogP) is 0.523. The Morgan fingerprint density at radius 2 is 2.45 bits per heavy atom. The van der Waals surface area contributed by atoms with Gasteiger partial charge in [-0.15, -0.1) is 0 Å². The SMILES string of the molecule is O=C(O)C[C@H](O)c1cc[nH]c1. The van der Waals surface area contributed by atoms with Gasteiger partial charge in [0.05, 0.1) is 12.5 Å². The van der Waals surface area contributed by atoms with E-state index < -0.39 is 12.1 Å². The van der Waals surface area contributed by atoms with E-state index in [1.165, 1.54) is 0 Å². The summed E-state index contributed by atoms with van der Waals surface area (Å²) < 4.78 is 0. The number of carboxylic acid groups (broad SMARTS) is 1. The maximum atomic E-state index is 10.1. The first kappa shape index (κ1) is 7.81. The number of H-pyrrole nitrogens is 1. The van der Waals surface area contributed by atoms with Gasteiger partial charge in [0.25, 0.3) is 0 Å². The number of hydrogen-bond acceptors (Lipinski definition) is 2. The van der Waals surface area contributed by atoms with Gasteiger partial charge in [-0.25, -0.2) is 0 Å². The predicted molar refractivity (Wildman–Crippen MR) is 38.0 cm³/mol. The van der Waals surface area contributed by atoms with E-state index in [9.17, 15) is 9.90 Å². The molecule has 4 nitrogen and oxygen atoms in total. The van der Waals surface area contributed by atoms with E-state index >= 15 is 0 Å². The molecule has 4 heteroatoms. The summed E-state index contributed by atoms with van der Waals surface area (Å²) in [4.78, 5) is 12.9. The third-order valence-corrected chi connectivity index (χ3v) is 1.37. The van der Waals surface area contributed by atoms with Crippen LogP contribution in [0, 0.1) is 0 Å². The van der Waals surface area contributed by atoms with Crippen LogP contribution in [0.15, 0.2) is 18.5 Å². The second-order valence-electron chi connectivity index (χ2n) is 2.26. The molecule has 1 atom stereocenters. The Morgan fingerprint density at radius 1 is 1.73 bits per heavy atom. The largest absolute Gasteiger partial charge is 0.481 e. The van der Waals surface area contributed by atoms with Crippen LogP contribution in [0.25, 0.3) is 0 Å². The van der Waals surface area contributed by atoms with Crippen LogP contribution in [0.5, 0.6) is 0 Å². The van der Waals surface area contributed by atoms with Gasteiger partial charge in [0.15, 0.2) is 0 Å². The minimum Gasteiger partial charge on any atom is -0.481 e. The molecular weight excluding hydrogens is 146 g/mol. The van der Waals surface area contributed by atoms with E-state index in [2.05, 4.69) is 4.98 Å². The molecule has 0 aromatic carbocycles.